The first-order valence-corrected chi connectivity index (χ1v) is 10.9. The molecule has 1 heterocycles. The van der Waals surface area contributed by atoms with E-state index in [1.54, 1.807) is 12.1 Å². The second kappa shape index (κ2) is 7.84. The number of carbonyl (C=O) groups is 1. The third-order valence-electron chi connectivity index (χ3n) is 3.91. The van der Waals surface area contributed by atoms with Crippen LogP contribution in [0, 0.1) is 0 Å². The Hall–Kier alpha value is -2.16. The third kappa shape index (κ3) is 4.23. The highest BCUT2D eigenvalue weighted by atomic mass is 35.5. The van der Waals surface area contributed by atoms with Crippen LogP contribution in [0.3, 0.4) is 0 Å². The standard InChI is InChI=1S/C18H17ClN2O4S2/c1-3-21-15-9-4-12(19)10-16(15)26-18(21)20-17(22)11-27(23,24)14-7-5-13(25-2)6-8-14/h4-10H,3,11H2,1-2H3. The molecule has 1 amide bonds. The molecule has 0 spiro atoms. The molecule has 0 fully saturated rings. The maximum atomic E-state index is 12.5. The molecule has 0 radical (unpaired) electrons. The number of halogens is 1. The van der Waals surface area contributed by atoms with Gasteiger partial charge in [0.25, 0.3) is 5.91 Å². The molecule has 0 bridgehead atoms. The van der Waals surface area contributed by atoms with Gasteiger partial charge in [0.1, 0.15) is 11.5 Å². The molecule has 9 heteroatoms. The largest absolute Gasteiger partial charge is 0.497 e. The van der Waals surface area contributed by atoms with Crippen LogP contribution >= 0.6 is 22.9 Å². The van der Waals surface area contributed by atoms with Crippen LogP contribution in [0.4, 0.5) is 0 Å². The number of hydrogen-bond acceptors (Lipinski definition) is 5. The first-order valence-electron chi connectivity index (χ1n) is 8.07. The highest BCUT2D eigenvalue weighted by Crippen LogP contribution is 2.22. The molecular formula is C18H17ClN2O4S2. The fourth-order valence-electron chi connectivity index (χ4n) is 2.61. The number of nitrogens with zero attached hydrogens (tertiary/aromatic N) is 2. The number of ether oxygens (including phenoxy) is 1. The second-order valence-corrected chi connectivity index (χ2v) is 9.12. The van der Waals surface area contributed by atoms with Crippen molar-refractivity contribution in [2.24, 2.45) is 4.99 Å². The van der Waals surface area contributed by atoms with E-state index >= 15 is 0 Å². The first-order chi connectivity index (χ1) is 12.8. The molecule has 0 N–H and O–H groups in total. The lowest BCUT2D eigenvalue weighted by Gasteiger charge is -2.04. The number of sulfone groups is 1. The molecular weight excluding hydrogens is 408 g/mol. The smallest absolute Gasteiger partial charge is 0.263 e. The predicted octanol–water partition coefficient (Wildman–Crippen LogP) is 3.29. The summed E-state index contributed by atoms with van der Waals surface area (Å²) in [6.45, 7) is 2.53. The Labute approximate surface area is 165 Å². The van der Waals surface area contributed by atoms with Crippen molar-refractivity contribution in [2.45, 2.75) is 18.4 Å². The number of amides is 1. The van der Waals surface area contributed by atoms with Gasteiger partial charge < -0.3 is 9.30 Å². The van der Waals surface area contributed by atoms with Crippen molar-refractivity contribution in [3.05, 3.63) is 52.3 Å². The van der Waals surface area contributed by atoms with E-state index in [-0.39, 0.29) is 4.90 Å². The minimum Gasteiger partial charge on any atom is -0.497 e. The van der Waals surface area contributed by atoms with Crippen molar-refractivity contribution in [1.82, 2.24) is 4.57 Å². The number of rotatable bonds is 5. The third-order valence-corrected chi connectivity index (χ3v) is 6.81. The van der Waals surface area contributed by atoms with Crippen LogP contribution in [0.2, 0.25) is 5.02 Å². The fraction of sp³-hybridized carbons (Fsp3) is 0.222. The van der Waals surface area contributed by atoms with Gasteiger partial charge in [-0.15, -0.1) is 0 Å². The van der Waals surface area contributed by atoms with E-state index in [1.807, 2.05) is 17.6 Å². The highest BCUT2D eigenvalue weighted by Gasteiger charge is 2.19. The monoisotopic (exact) mass is 424 g/mol. The van der Waals surface area contributed by atoms with Crippen LogP contribution < -0.4 is 9.54 Å². The lowest BCUT2D eigenvalue weighted by Crippen LogP contribution is -2.20. The van der Waals surface area contributed by atoms with E-state index < -0.39 is 21.5 Å². The molecule has 3 rings (SSSR count). The van der Waals surface area contributed by atoms with E-state index in [4.69, 9.17) is 16.3 Å². The zero-order valence-electron chi connectivity index (χ0n) is 14.7. The SMILES string of the molecule is CCn1c(=NC(=O)CS(=O)(=O)c2ccc(OC)cc2)sc2cc(Cl)ccc21. The Morgan fingerprint density at radius 1 is 1.22 bits per heavy atom. The summed E-state index contributed by atoms with van der Waals surface area (Å²) >= 11 is 7.31. The summed E-state index contributed by atoms with van der Waals surface area (Å²) in [6.07, 6.45) is 0. The molecule has 27 heavy (non-hydrogen) atoms. The van der Waals surface area contributed by atoms with Gasteiger partial charge >= 0.3 is 0 Å². The minimum absolute atomic E-state index is 0.0540. The summed E-state index contributed by atoms with van der Waals surface area (Å²) < 4.78 is 32.7. The Balaban J connectivity index is 1.93. The van der Waals surface area contributed by atoms with Crippen molar-refractivity contribution in [1.29, 1.82) is 0 Å². The number of methoxy groups -OCH3 is 1. The van der Waals surface area contributed by atoms with E-state index in [0.29, 0.717) is 22.1 Å². The van der Waals surface area contributed by atoms with Gasteiger partial charge in [-0.25, -0.2) is 8.42 Å². The van der Waals surface area contributed by atoms with Gasteiger partial charge in [-0.2, -0.15) is 4.99 Å². The van der Waals surface area contributed by atoms with E-state index in [1.165, 1.54) is 42.7 Å². The number of carbonyl (C=O) groups excluding carboxylic acids is 1. The van der Waals surface area contributed by atoms with E-state index in [9.17, 15) is 13.2 Å². The van der Waals surface area contributed by atoms with Crippen LogP contribution in [0.15, 0.2) is 52.4 Å². The second-order valence-electron chi connectivity index (χ2n) is 5.68. The van der Waals surface area contributed by atoms with Gasteiger partial charge in [0, 0.05) is 11.6 Å². The van der Waals surface area contributed by atoms with Crippen LogP contribution in [-0.4, -0.2) is 31.8 Å². The van der Waals surface area contributed by atoms with Crippen molar-refractivity contribution in [3.63, 3.8) is 0 Å². The Morgan fingerprint density at radius 2 is 1.93 bits per heavy atom. The molecule has 3 aromatic rings. The molecule has 0 atom stereocenters. The molecule has 0 saturated heterocycles. The van der Waals surface area contributed by atoms with Crippen LogP contribution in [0.25, 0.3) is 10.2 Å². The maximum absolute atomic E-state index is 12.5. The van der Waals surface area contributed by atoms with Gasteiger partial charge in [0.2, 0.25) is 0 Å². The van der Waals surface area contributed by atoms with Crippen molar-refractivity contribution < 1.29 is 17.9 Å². The van der Waals surface area contributed by atoms with Crippen molar-refractivity contribution in [2.75, 3.05) is 12.9 Å². The number of aromatic nitrogens is 1. The van der Waals surface area contributed by atoms with Crippen LogP contribution in [-0.2, 0) is 21.2 Å². The molecule has 0 aliphatic rings. The summed E-state index contributed by atoms with van der Waals surface area (Å²) in [5, 5.41) is 0.590. The Bertz CT molecular complexity index is 1160. The van der Waals surface area contributed by atoms with Crippen molar-refractivity contribution >= 4 is 48.9 Å². The molecule has 0 unspecified atom stereocenters. The Morgan fingerprint density at radius 3 is 2.56 bits per heavy atom. The summed E-state index contributed by atoms with van der Waals surface area (Å²) in [7, 11) is -2.29. The lowest BCUT2D eigenvalue weighted by atomic mass is 10.3. The zero-order chi connectivity index (χ0) is 19.6. The van der Waals surface area contributed by atoms with Gasteiger partial charge in [-0.3, -0.25) is 4.79 Å². The summed E-state index contributed by atoms with van der Waals surface area (Å²) in [4.78, 5) is 16.9. The number of fused-ring (bicyclic) bond motifs is 1. The topological polar surface area (TPSA) is 77.7 Å². The molecule has 2 aromatic carbocycles. The molecule has 6 nitrogen and oxygen atoms in total. The Kier molecular flexibility index (Phi) is 5.69. The van der Waals surface area contributed by atoms with Crippen LogP contribution in [0.1, 0.15) is 6.92 Å². The molecule has 0 aliphatic carbocycles. The molecule has 142 valence electrons. The quantitative estimate of drug-likeness (QED) is 0.629. The van der Waals surface area contributed by atoms with Gasteiger partial charge in [-0.05, 0) is 49.4 Å². The fourth-order valence-corrected chi connectivity index (χ4v) is 5.10. The lowest BCUT2D eigenvalue weighted by molar-refractivity contribution is -0.115. The highest BCUT2D eigenvalue weighted by molar-refractivity contribution is 7.92. The number of thiazole rings is 1. The van der Waals surface area contributed by atoms with Crippen molar-refractivity contribution in [3.8, 4) is 5.75 Å². The van der Waals surface area contributed by atoms with E-state index in [0.717, 1.165) is 10.2 Å². The molecule has 0 saturated carbocycles. The normalized spacial score (nSPS) is 12.5. The summed E-state index contributed by atoms with van der Waals surface area (Å²) in [5.74, 6) is -0.874. The average Bonchev–Trinajstić information content (AvgIpc) is 2.96. The number of hydrogen-bond donors (Lipinski definition) is 0. The van der Waals surface area contributed by atoms with Gasteiger partial charge in [-0.1, -0.05) is 22.9 Å². The average molecular weight is 425 g/mol. The first kappa shape index (κ1) is 19.6. The predicted molar refractivity (Wildman–Crippen MR) is 106 cm³/mol. The van der Waals surface area contributed by atoms with Gasteiger partial charge in [0.05, 0.1) is 22.2 Å². The molecule has 0 aliphatic heterocycles. The minimum atomic E-state index is -3.79. The maximum Gasteiger partial charge on any atom is 0.263 e. The zero-order valence-corrected chi connectivity index (χ0v) is 17.1. The number of benzene rings is 2. The van der Waals surface area contributed by atoms with Crippen LogP contribution in [0.5, 0.6) is 5.75 Å². The number of aryl methyl sites for hydroxylation is 1. The van der Waals surface area contributed by atoms with Gasteiger partial charge in [0.15, 0.2) is 14.6 Å². The summed E-state index contributed by atoms with van der Waals surface area (Å²) in [6, 6.07) is 11.3. The summed E-state index contributed by atoms with van der Waals surface area (Å²) in [5.41, 5.74) is 0.900. The van der Waals surface area contributed by atoms with E-state index in [2.05, 4.69) is 4.99 Å². The molecule has 1 aromatic heterocycles.